The number of aromatic hydroxyl groups is 1. The fourth-order valence-electron chi connectivity index (χ4n) is 3.61. The fraction of sp³-hybridized carbons (Fsp3) is 0.333. The monoisotopic (exact) mass is 417 g/mol. The summed E-state index contributed by atoms with van der Waals surface area (Å²) in [5, 5.41) is 26.8. The lowest BCUT2D eigenvalue weighted by atomic mass is 10.0. The Hall–Kier alpha value is -2.91. The summed E-state index contributed by atoms with van der Waals surface area (Å²) in [7, 11) is 0. The number of hydrogen-bond donors (Lipinski definition) is 3. The zero-order valence-corrected chi connectivity index (χ0v) is 16.2. The van der Waals surface area contributed by atoms with Gasteiger partial charge in [-0.15, -0.1) is 10.2 Å². The summed E-state index contributed by atoms with van der Waals surface area (Å²) in [5.41, 5.74) is -0.365. The third kappa shape index (κ3) is 4.31. The molecule has 9 heteroatoms. The van der Waals surface area contributed by atoms with E-state index in [2.05, 4.69) is 25.7 Å². The SMILES string of the molecule is Oc1cc(C(F)(F)F)ccc1-c1nnc(NCCN2CCNCC2)c2ccccc12. The van der Waals surface area contributed by atoms with Gasteiger partial charge in [-0.05, 0) is 18.2 Å². The van der Waals surface area contributed by atoms with Crippen LogP contribution in [-0.2, 0) is 6.18 Å². The summed E-state index contributed by atoms with van der Waals surface area (Å²) in [6, 6.07) is 10.3. The summed E-state index contributed by atoms with van der Waals surface area (Å²) in [5.74, 6) is 0.125. The summed E-state index contributed by atoms with van der Waals surface area (Å²) < 4.78 is 38.7. The molecular weight excluding hydrogens is 395 g/mol. The van der Waals surface area contributed by atoms with Gasteiger partial charge in [-0.25, -0.2) is 0 Å². The van der Waals surface area contributed by atoms with Gasteiger partial charge in [0.2, 0.25) is 0 Å². The van der Waals surface area contributed by atoms with Gasteiger partial charge in [0.15, 0.2) is 5.82 Å². The minimum Gasteiger partial charge on any atom is -0.507 e. The standard InChI is InChI=1S/C21H22F3N5O/c22-21(23,24)14-5-6-17(18(30)13-14)19-15-3-1-2-4-16(15)20(28-27-19)26-9-12-29-10-7-25-8-11-29/h1-6,13,25,30H,7-12H2,(H,26,28). The Morgan fingerprint density at radius 2 is 1.77 bits per heavy atom. The van der Waals surface area contributed by atoms with E-state index in [0.29, 0.717) is 29.5 Å². The maximum Gasteiger partial charge on any atom is 0.416 e. The Kier molecular flexibility index (Phi) is 5.74. The first-order valence-electron chi connectivity index (χ1n) is 9.76. The van der Waals surface area contributed by atoms with Gasteiger partial charge in [0.1, 0.15) is 11.4 Å². The van der Waals surface area contributed by atoms with E-state index in [-0.39, 0.29) is 5.56 Å². The highest BCUT2D eigenvalue weighted by atomic mass is 19.4. The van der Waals surface area contributed by atoms with Crippen molar-refractivity contribution in [2.75, 3.05) is 44.6 Å². The van der Waals surface area contributed by atoms with Crippen LogP contribution in [0.2, 0.25) is 0 Å². The molecule has 0 unspecified atom stereocenters. The van der Waals surface area contributed by atoms with E-state index in [0.717, 1.165) is 44.2 Å². The van der Waals surface area contributed by atoms with E-state index in [1.54, 1.807) is 0 Å². The lowest BCUT2D eigenvalue weighted by Crippen LogP contribution is -2.45. The van der Waals surface area contributed by atoms with Crippen molar-refractivity contribution in [1.29, 1.82) is 0 Å². The van der Waals surface area contributed by atoms with Crippen molar-refractivity contribution in [3.8, 4) is 17.0 Å². The molecule has 0 spiro atoms. The highest BCUT2D eigenvalue weighted by Gasteiger charge is 2.31. The molecule has 3 N–H and O–H groups in total. The molecule has 1 aliphatic heterocycles. The minimum atomic E-state index is -4.53. The van der Waals surface area contributed by atoms with Crippen molar-refractivity contribution in [1.82, 2.24) is 20.4 Å². The van der Waals surface area contributed by atoms with Crippen molar-refractivity contribution >= 4 is 16.6 Å². The molecule has 0 radical (unpaired) electrons. The molecule has 0 saturated carbocycles. The average Bonchev–Trinajstić information content (AvgIpc) is 2.74. The number of hydrogen-bond acceptors (Lipinski definition) is 6. The molecule has 1 fully saturated rings. The van der Waals surface area contributed by atoms with Crippen molar-refractivity contribution in [3.63, 3.8) is 0 Å². The molecule has 0 bridgehead atoms. The number of piperazine rings is 1. The van der Waals surface area contributed by atoms with Crippen molar-refractivity contribution in [2.24, 2.45) is 0 Å². The maximum atomic E-state index is 12.9. The van der Waals surface area contributed by atoms with Crippen LogP contribution in [0.4, 0.5) is 19.0 Å². The predicted octanol–water partition coefficient (Wildman–Crippen LogP) is 3.34. The molecule has 2 heterocycles. The number of nitrogens with zero attached hydrogens (tertiary/aromatic N) is 3. The second-order valence-corrected chi connectivity index (χ2v) is 7.19. The van der Waals surface area contributed by atoms with Crippen LogP contribution < -0.4 is 10.6 Å². The van der Waals surface area contributed by atoms with Crippen LogP contribution in [0.1, 0.15) is 5.56 Å². The van der Waals surface area contributed by atoms with Crippen LogP contribution in [0.25, 0.3) is 22.0 Å². The third-order valence-corrected chi connectivity index (χ3v) is 5.20. The van der Waals surface area contributed by atoms with E-state index in [9.17, 15) is 18.3 Å². The first-order valence-corrected chi connectivity index (χ1v) is 9.76. The second-order valence-electron chi connectivity index (χ2n) is 7.19. The molecule has 3 aromatic rings. The first kappa shape index (κ1) is 20.4. The zero-order valence-electron chi connectivity index (χ0n) is 16.2. The topological polar surface area (TPSA) is 73.3 Å². The van der Waals surface area contributed by atoms with Gasteiger partial charge in [0, 0.05) is 55.6 Å². The highest BCUT2D eigenvalue weighted by molar-refractivity contribution is 6.00. The number of benzene rings is 2. The van der Waals surface area contributed by atoms with E-state index in [1.165, 1.54) is 6.07 Å². The van der Waals surface area contributed by atoms with Crippen LogP contribution in [-0.4, -0.2) is 59.5 Å². The number of phenols is 1. The molecule has 1 aromatic heterocycles. The van der Waals surface area contributed by atoms with Crippen molar-refractivity contribution < 1.29 is 18.3 Å². The Morgan fingerprint density at radius 3 is 2.47 bits per heavy atom. The molecule has 30 heavy (non-hydrogen) atoms. The van der Waals surface area contributed by atoms with Crippen LogP contribution >= 0.6 is 0 Å². The lowest BCUT2D eigenvalue weighted by molar-refractivity contribution is -0.137. The minimum absolute atomic E-state index is 0.207. The average molecular weight is 417 g/mol. The van der Waals surface area contributed by atoms with Gasteiger partial charge in [-0.2, -0.15) is 13.2 Å². The molecule has 1 saturated heterocycles. The fourth-order valence-corrected chi connectivity index (χ4v) is 3.61. The molecule has 0 aliphatic carbocycles. The molecule has 0 amide bonds. The largest absolute Gasteiger partial charge is 0.507 e. The summed E-state index contributed by atoms with van der Waals surface area (Å²) >= 11 is 0. The Bertz CT molecular complexity index is 1030. The molecule has 6 nitrogen and oxygen atoms in total. The Balaban J connectivity index is 1.61. The smallest absolute Gasteiger partial charge is 0.416 e. The first-order chi connectivity index (χ1) is 14.4. The molecule has 4 rings (SSSR count). The maximum absolute atomic E-state index is 12.9. The molecular formula is C21H22F3N5O. The number of phenolic OH excluding ortho intramolecular Hbond substituents is 1. The predicted molar refractivity (Wildman–Crippen MR) is 109 cm³/mol. The van der Waals surface area contributed by atoms with Crippen LogP contribution in [0.15, 0.2) is 42.5 Å². The quantitative estimate of drug-likeness (QED) is 0.592. The summed E-state index contributed by atoms with van der Waals surface area (Å²) in [4.78, 5) is 2.35. The van der Waals surface area contributed by atoms with Crippen LogP contribution in [0, 0.1) is 0 Å². The number of aromatic nitrogens is 2. The van der Waals surface area contributed by atoms with Crippen molar-refractivity contribution in [2.45, 2.75) is 6.18 Å². The van der Waals surface area contributed by atoms with Crippen LogP contribution in [0.3, 0.4) is 0 Å². The normalized spacial score (nSPS) is 15.4. The van der Waals surface area contributed by atoms with E-state index < -0.39 is 17.5 Å². The van der Waals surface area contributed by atoms with Gasteiger partial charge in [-0.3, -0.25) is 4.90 Å². The Labute approximate surface area is 171 Å². The zero-order chi connectivity index (χ0) is 21.1. The van der Waals surface area contributed by atoms with E-state index >= 15 is 0 Å². The molecule has 1 aliphatic rings. The van der Waals surface area contributed by atoms with Gasteiger partial charge >= 0.3 is 6.18 Å². The van der Waals surface area contributed by atoms with E-state index in [4.69, 9.17) is 0 Å². The van der Waals surface area contributed by atoms with Crippen molar-refractivity contribution in [3.05, 3.63) is 48.0 Å². The molecule has 2 aromatic carbocycles. The van der Waals surface area contributed by atoms with Gasteiger partial charge in [0.05, 0.1) is 5.56 Å². The second kappa shape index (κ2) is 8.45. The third-order valence-electron chi connectivity index (χ3n) is 5.20. The number of rotatable bonds is 5. The number of nitrogens with one attached hydrogen (secondary N) is 2. The number of alkyl halides is 3. The summed E-state index contributed by atoms with van der Waals surface area (Å²) in [6.45, 7) is 5.53. The Morgan fingerprint density at radius 1 is 1.03 bits per heavy atom. The van der Waals surface area contributed by atoms with Gasteiger partial charge in [0.25, 0.3) is 0 Å². The highest BCUT2D eigenvalue weighted by Crippen LogP contribution is 2.38. The number of anilines is 1. The molecule has 0 atom stereocenters. The van der Waals surface area contributed by atoms with Gasteiger partial charge < -0.3 is 15.7 Å². The van der Waals surface area contributed by atoms with Crippen LogP contribution in [0.5, 0.6) is 5.75 Å². The number of fused-ring (bicyclic) bond motifs is 1. The number of halogens is 3. The van der Waals surface area contributed by atoms with E-state index in [1.807, 2.05) is 24.3 Å². The van der Waals surface area contributed by atoms with Gasteiger partial charge in [-0.1, -0.05) is 24.3 Å². The molecule has 158 valence electrons. The summed E-state index contributed by atoms with van der Waals surface area (Å²) in [6.07, 6.45) is -4.53. The lowest BCUT2D eigenvalue weighted by Gasteiger charge is -2.27.